The van der Waals surface area contributed by atoms with Gasteiger partial charge in [-0.1, -0.05) is 13.8 Å². The highest BCUT2D eigenvalue weighted by atomic mass is 32.2. The predicted molar refractivity (Wildman–Crippen MR) is 46.7 cm³/mol. The minimum absolute atomic E-state index is 0.165. The Labute approximate surface area is 73.1 Å². The van der Waals surface area contributed by atoms with Crippen molar-refractivity contribution in [3.05, 3.63) is 0 Å². The van der Waals surface area contributed by atoms with Gasteiger partial charge in [-0.15, -0.1) is 0 Å². The maximum Gasteiger partial charge on any atom is 0.160 e. The van der Waals surface area contributed by atoms with Crippen LogP contribution in [0.3, 0.4) is 0 Å². The fourth-order valence-electron chi connectivity index (χ4n) is 0.910. The van der Waals surface area contributed by atoms with Gasteiger partial charge in [0.25, 0.3) is 0 Å². The molecule has 1 aliphatic carbocycles. The van der Waals surface area contributed by atoms with Crippen LogP contribution in [0.15, 0.2) is 0 Å². The van der Waals surface area contributed by atoms with Gasteiger partial charge in [0.05, 0.1) is 5.25 Å². The van der Waals surface area contributed by atoms with Crippen LogP contribution in [0, 0.1) is 5.92 Å². The molecule has 0 aromatic rings. The number of Topliss-reactive ketones (excluding diaryl/α,β-unsaturated/α-hetero) is 1. The van der Waals surface area contributed by atoms with E-state index in [0.717, 1.165) is 12.8 Å². The predicted octanol–water partition coefficient (Wildman–Crippen LogP) is 0.789. The van der Waals surface area contributed by atoms with E-state index in [0.29, 0.717) is 0 Å². The van der Waals surface area contributed by atoms with Crippen molar-refractivity contribution in [1.29, 1.82) is 0 Å². The Morgan fingerprint density at radius 3 is 2.25 bits per heavy atom. The second kappa shape index (κ2) is 3.17. The van der Waals surface area contributed by atoms with E-state index >= 15 is 0 Å². The van der Waals surface area contributed by atoms with Gasteiger partial charge in [0.1, 0.15) is 11.5 Å². The number of hydrogen-bond acceptors (Lipinski definition) is 3. The average molecular weight is 190 g/mol. The van der Waals surface area contributed by atoms with Crippen molar-refractivity contribution in [2.75, 3.05) is 5.75 Å². The van der Waals surface area contributed by atoms with Gasteiger partial charge in [0, 0.05) is 5.92 Å². The molecule has 4 heteroatoms. The molecule has 0 atom stereocenters. The number of carbonyl (C=O) groups is 1. The first kappa shape index (κ1) is 9.71. The molecule has 0 aromatic heterocycles. The van der Waals surface area contributed by atoms with Crippen LogP contribution in [-0.2, 0) is 14.6 Å². The summed E-state index contributed by atoms with van der Waals surface area (Å²) in [4.78, 5) is 11.1. The van der Waals surface area contributed by atoms with Gasteiger partial charge in [0.15, 0.2) is 9.84 Å². The lowest BCUT2D eigenvalue weighted by atomic mass is 10.1. The minimum atomic E-state index is -3.08. The van der Waals surface area contributed by atoms with Crippen LogP contribution in [0.25, 0.3) is 0 Å². The van der Waals surface area contributed by atoms with Crippen LogP contribution in [-0.4, -0.2) is 25.2 Å². The number of sulfone groups is 1. The van der Waals surface area contributed by atoms with E-state index in [-0.39, 0.29) is 22.7 Å². The van der Waals surface area contributed by atoms with Gasteiger partial charge < -0.3 is 0 Å². The molecule has 0 N–H and O–H groups in total. The van der Waals surface area contributed by atoms with Gasteiger partial charge in [-0.2, -0.15) is 0 Å². The highest BCUT2D eigenvalue weighted by Gasteiger charge is 2.37. The molecule has 0 unspecified atom stereocenters. The van der Waals surface area contributed by atoms with Crippen molar-refractivity contribution in [3.63, 3.8) is 0 Å². The molecular formula is C8H14O3S. The van der Waals surface area contributed by atoms with Crippen molar-refractivity contribution in [3.8, 4) is 0 Å². The van der Waals surface area contributed by atoms with Gasteiger partial charge in [-0.05, 0) is 12.8 Å². The smallest absolute Gasteiger partial charge is 0.160 e. The summed E-state index contributed by atoms with van der Waals surface area (Å²) >= 11 is 0. The third-order valence-corrected chi connectivity index (χ3v) is 4.19. The lowest BCUT2D eigenvalue weighted by molar-refractivity contribution is -0.119. The van der Waals surface area contributed by atoms with E-state index < -0.39 is 9.84 Å². The van der Waals surface area contributed by atoms with E-state index in [2.05, 4.69) is 0 Å². The summed E-state index contributed by atoms with van der Waals surface area (Å²) in [7, 11) is -3.08. The van der Waals surface area contributed by atoms with E-state index in [1.807, 2.05) is 0 Å². The lowest BCUT2D eigenvalue weighted by Gasteiger charge is -2.03. The highest BCUT2D eigenvalue weighted by Crippen LogP contribution is 2.29. The number of rotatable bonds is 4. The summed E-state index contributed by atoms with van der Waals surface area (Å²) in [6, 6.07) is 0. The zero-order chi connectivity index (χ0) is 9.35. The standard InChI is InChI=1S/C8H14O3S/c1-6(2)8(9)5-12(10,11)7-3-4-7/h6-7H,3-5H2,1-2H3. The first-order valence-electron chi connectivity index (χ1n) is 4.18. The normalized spacial score (nSPS) is 18.2. The van der Waals surface area contributed by atoms with Crippen LogP contribution in [0.1, 0.15) is 26.7 Å². The van der Waals surface area contributed by atoms with Gasteiger partial charge in [-0.25, -0.2) is 8.42 Å². The summed E-state index contributed by atoms with van der Waals surface area (Å²) in [5, 5.41) is -0.208. The molecule has 3 nitrogen and oxygen atoms in total. The SMILES string of the molecule is CC(C)C(=O)CS(=O)(=O)C1CC1. The summed E-state index contributed by atoms with van der Waals surface area (Å²) in [6.45, 7) is 3.45. The summed E-state index contributed by atoms with van der Waals surface area (Å²) in [6.07, 6.45) is 1.49. The number of hydrogen-bond donors (Lipinski definition) is 0. The Morgan fingerprint density at radius 2 is 1.92 bits per heavy atom. The molecule has 0 heterocycles. The Bertz CT molecular complexity index is 273. The van der Waals surface area contributed by atoms with E-state index in [4.69, 9.17) is 0 Å². The Morgan fingerprint density at radius 1 is 1.42 bits per heavy atom. The van der Waals surface area contributed by atoms with Crippen LogP contribution in [0.2, 0.25) is 0 Å². The molecule has 0 aliphatic heterocycles. The summed E-state index contributed by atoms with van der Waals surface area (Å²) < 4.78 is 22.6. The highest BCUT2D eigenvalue weighted by molar-refractivity contribution is 7.93. The maximum absolute atomic E-state index is 11.3. The first-order chi connectivity index (χ1) is 5.43. The second-order valence-corrected chi connectivity index (χ2v) is 5.91. The molecule has 0 saturated heterocycles. The van der Waals surface area contributed by atoms with Crippen LogP contribution < -0.4 is 0 Å². The van der Waals surface area contributed by atoms with Gasteiger partial charge >= 0.3 is 0 Å². The average Bonchev–Trinajstić information content (AvgIpc) is 2.65. The van der Waals surface area contributed by atoms with Gasteiger partial charge in [0.2, 0.25) is 0 Å². The van der Waals surface area contributed by atoms with Crippen molar-refractivity contribution >= 4 is 15.6 Å². The van der Waals surface area contributed by atoms with Crippen LogP contribution in [0.5, 0.6) is 0 Å². The molecule has 1 aliphatic rings. The largest absolute Gasteiger partial charge is 0.298 e. The summed E-state index contributed by atoms with van der Waals surface area (Å²) in [5.41, 5.74) is 0. The van der Waals surface area contributed by atoms with E-state index in [1.54, 1.807) is 13.8 Å². The fraction of sp³-hybridized carbons (Fsp3) is 0.875. The number of carbonyl (C=O) groups excluding carboxylic acids is 1. The molecule has 1 saturated carbocycles. The zero-order valence-electron chi connectivity index (χ0n) is 7.41. The molecule has 1 fully saturated rings. The number of ketones is 1. The van der Waals surface area contributed by atoms with Crippen molar-refractivity contribution in [2.24, 2.45) is 5.92 Å². The second-order valence-electron chi connectivity index (χ2n) is 3.63. The molecule has 1 rings (SSSR count). The Balaban J connectivity index is 2.55. The van der Waals surface area contributed by atoms with Crippen molar-refractivity contribution < 1.29 is 13.2 Å². The quantitative estimate of drug-likeness (QED) is 0.658. The van der Waals surface area contributed by atoms with Crippen LogP contribution >= 0.6 is 0 Å². The molecule has 0 amide bonds. The van der Waals surface area contributed by atoms with Crippen LogP contribution in [0.4, 0.5) is 0 Å². The third kappa shape index (κ3) is 2.30. The van der Waals surface area contributed by atoms with E-state index in [1.165, 1.54) is 0 Å². The Kier molecular flexibility index (Phi) is 2.56. The monoisotopic (exact) mass is 190 g/mol. The minimum Gasteiger partial charge on any atom is -0.298 e. The molecule has 0 radical (unpaired) electrons. The maximum atomic E-state index is 11.3. The summed E-state index contributed by atoms with van der Waals surface area (Å²) in [5.74, 6) is -0.588. The topological polar surface area (TPSA) is 51.2 Å². The Hall–Kier alpha value is -0.380. The molecule has 70 valence electrons. The molecule has 0 spiro atoms. The first-order valence-corrected chi connectivity index (χ1v) is 5.89. The molecular weight excluding hydrogens is 176 g/mol. The fourth-order valence-corrected chi connectivity index (χ4v) is 2.73. The zero-order valence-corrected chi connectivity index (χ0v) is 8.23. The van der Waals surface area contributed by atoms with Gasteiger partial charge in [-0.3, -0.25) is 4.79 Å². The molecule has 0 aromatic carbocycles. The van der Waals surface area contributed by atoms with Crippen molar-refractivity contribution in [1.82, 2.24) is 0 Å². The van der Waals surface area contributed by atoms with E-state index in [9.17, 15) is 13.2 Å². The van der Waals surface area contributed by atoms with Crippen molar-refractivity contribution in [2.45, 2.75) is 31.9 Å². The third-order valence-electron chi connectivity index (χ3n) is 2.02. The molecule has 0 bridgehead atoms. The molecule has 12 heavy (non-hydrogen) atoms. The lowest BCUT2D eigenvalue weighted by Crippen LogP contribution is -2.22.